The molecule has 0 aromatic heterocycles. The molecule has 0 fully saturated rings. The molecule has 0 aliphatic heterocycles. The maximum atomic E-state index is 12.1. The van der Waals surface area contributed by atoms with Gasteiger partial charge in [0.25, 0.3) is 5.91 Å². The average molecular weight is 457 g/mol. The number of amides is 2. The molecule has 3 aromatic rings. The molecule has 0 aliphatic rings. The topological polar surface area (TPSA) is 76.7 Å². The summed E-state index contributed by atoms with van der Waals surface area (Å²) < 4.78 is 11.8. The first-order valence-corrected chi connectivity index (χ1v) is 9.77. The van der Waals surface area contributed by atoms with E-state index in [2.05, 4.69) is 26.6 Å². The molecule has 0 heterocycles. The molecule has 0 radical (unpaired) electrons. The number of halogens is 1. The van der Waals surface area contributed by atoms with E-state index >= 15 is 0 Å². The van der Waals surface area contributed by atoms with Gasteiger partial charge in [0, 0.05) is 4.47 Å². The van der Waals surface area contributed by atoms with Crippen LogP contribution in [0.25, 0.3) is 10.8 Å². The molecule has 7 heteroatoms. The lowest BCUT2D eigenvalue weighted by Gasteiger charge is -2.12. The van der Waals surface area contributed by atoms with Crippen LogP contribution in [0.2, 0.25) is 0 Å². The minimum absolute atomic E-state index is 0.162. The highest BCUT2D eigenvalue weighted by atomic mass is 79.9. The van der Waals surface area contributed by atoms with Crippen molar-refractivity contribution in [1.82, 2.24) is 5.32 Å². The number of methoxy groups -OCH3 is 1. The van der Waals surface area contributed by atoms with Gasteiger partial charge in [-0.15, -0.1) is 0 Å². The Labute approximate surface area is 177 Å². The molecule has 3 aromatic carbocycles. The van der Waals surface area contributed by atoms with Gasteiger partial charge in [-0.25, -0.2) is 0 Å². The average Bonchev–Trinajstić information content (AvgIpc) is 2.71. The normalized spacial score (nSPS) is 10.4. The molecule has 0 atom stereocenters. The Balaban J connectivity index is 1.49. The monoisotopic (exact) mass is 456 g/mol. The number of benzene rings is 3. The molecule has 0 unspecified atom stereocenters. The van der Waals surface area contributed by atoms with Crippen LogP contribution >= 0.6 is 15.9 Å². The lowest BCUT2D eigenvalue weighted by Crippen LogP contribution is -2.35. The number of anilines is 1. The number of aryl methyl sites for hydroxylation is 1. The van der Waals surface area contributed by atoms with Crippen LogP contribution in [0, 0.1) is 6.92 Å². The van der Waals surface area contributed by atoms with Crippen LogP contribution in [-0.4, -0.2) is 32.1 Å². The Hall–Kier alpha value is -3.06. The van der Waals surface area contributed by atoms with Crippen molar-refractivity contribution in [1.29, 1.82) is 0 Å². The van der Waals surface area contributed by atoms with Gasteiger partial charge in [0.2, 0.25) is 5.91 Å². The molecule has 150 valence electrons. The number of fused-ring (bicyclic) bond motifs is 1. The zero-order valence-corrected chi connectivity index (χ0v) is 17.7. The van der Waals surface area contributed by atoms with Crippen molar-refractivity contribution in [2.24, 2.45) is 0 Å². The Morgan fingerprint density at radius 3 is 2.52 bits per heavy atom. The van der Waals surface area contributed by atoms with Crippen LogP contribution in [0.1, 0.15) is 5.56 Å². The first-order chi connectivity index (χ1) is 13.9. The van der Waals surface area contributed by atoms with Gasteiger partial charge in [-0.05, 0) is 59.7 Å². The molecule has 3 rings (SSSR count). The Morgan fingerprint density at radius 1 is 0.966 bits per heavy atom. The van der Waals surface area contributed by atoms with Crippen LogP contribution in [0.5, 0.6) is 11.5 Å². The second-order valence-electron chi connectivity index (χ2n) is 6.47. The predicted molar refractivity (Wildman–Crippen MR) is 117 cm³/mol. The third-order valence-electron chi connectivity index (χ3n) is 4.22. The van der Waals surface area contributed by atoms with Crippen LogP contribution in [0.4, 0.5) is 5.69 Å². The van der Waals surface area contributed by atoms with E-state index in [4.69, 9.17) is 9.47 Å². The van der Waals surface area contributed by atoms with E-state index in [1.807, 2.05) is 43.3 Å². The lowest BCUT2D eigenvalue weighted by atomic mass is 10.1. The Morgan fingerprint density at radius 2 is 1.72 bits per heavy atom. The first-order valence-electron chi connectivity index (χ1n) is 8.98. The molecular formula is C22H21BrN2O4. The van der Waals surface area contributed by atoms with Crippen molar-refractivity contribution in [3.05, 3.63) is 64.6 Å². The molecular weight excluding hydrogens is 436 g/mol. The maximum absolute atomic E-state index is 12.1. The van der Waals surface area contributed by atoms with Crippen molar-refractivity contribution in [2.45, 2.75) is 6.92 Å². The minimum Gasteiger partial charge on any atom is -0.495 e. The molecule has 0 spiro atoms. The molecule has 29 heavy (non-hydrogen) atoms. The Bertz CT molecular complexity index is 1050. The summed E-state index contributed by atoms with van der Waals surface area (Å²) in [5.41, 5.74) is 1.55. The van der Waals surface area contributed by atoms with Gasteiger partial charge in [0.1, 0.15) is 11.5 Å². The zero-order valence-electron chi connectivity index (χ0n) is 16.1. The van der Waals surface area contributed by atoms with Gasteiger partial charge in [-0.3, -0.25) is 9.59 Å². The van der Waals surface area contributed by atoms with Crippen molar-refractivity contribution in [3.8, 4) is 11.5 Å². The standard InChI is InChI=1S/C22H21BrN2O4/c1-14-3-8-20(28-2)19(9-14)25-21(26)12-24-22(27)13-29-18-7-5-15-10-17(23)6-4-16(15)11-18/h3-11H,12-13H2,1-2H3,(H,24,27)(H,25,26). The third-order valence-corrected chi connectivity index (χ3v) is 4.71. The van der Waals surface area contributed by atoms with Gasteiger partial charge in [0.15, 0.2) is 6.61 Å². The highest BCUT2D eigenvalue weighted by Crippen LogP contribution is 2.25. The van der Waals surface area contributed by atoms with Gasteiger partial charge in [-0.2, -0.15) is 0 Å². The number of ether oxygens (including phenoxy) is 2. The fourth-order valence-electron chi connectivity index (χ4n) is 2.78. The second-order valence-corrected chi connectivity index (χ2v) is 7.39. The molecule has 2 amide bonds. The predicted octanol–water partition coefficient (Wildman–Crippen LogP) is 4.05. The van der Waals surface area contributed by atoms with Gasteiger partial charge < -0.3 is 20.1 Å². The maximum Gasteiger partial charge on any atom is 0.258 e. The molecule has 0 bridgehead atoms. The van der Waals surface area contributed by atoms with E-state index in [1.165, 1.54) is 7.11 Å². The zero-order chi connectivity index (χ0) is 20.8. The van der Waals surface area contributed by atoms with Crippen molar-refractivity contribution < 1.29 is 19.1 Å². The fraction of sp³-hybridized carbons (Fsp3) is 0.182. The van der Waals surface area contributed by atoms with E-state index in [-0.39, 0.29) is 25.0 Å². The minimum atomic E-state index is -0.382. The highest BCUT2D eigenvalue weighted by Gasteiger charge is 2.10. The quantitative estimate of drug-likeness (QED) is 0.561. The highest BCUT2D eigenvalue weighted by molar-refractivity contribution is 9.10. The Kier molecular flexibility index (Phi) is 6.72. The van der Waals surface area contributed by atoms with Gasteiger partial charge in [0.05, 0.1) is 19.3 Å². The van der Waals surface area contributed by atoms with Gasteiger partial charge >= 0.3 is 0 Å². The van der Waals surface area contributed by atoms with Crippen LogP contribution < -0.4 is 20.1 Å². The molecule has 2 N–H and O–H groups in total. The summed E-state index contributed by atoms with van der Waals surface area (Å²) in [6.07, 6.45) is 0. The molecule has 6 nitrogen and oxygen atoms in total. The summed E-state index contributed by atoms with van der Waals surface area (Å²) in [5, 5.41) is 7.36. The van der Waals surface area contributed by atoms with E-state index in [9.17, 15) is 9.59 Å². The van der Waals surface area contributed by atoms with Gasteiger partial charge in [-0.1, -0.05) is 34.1 Å². The number of nitrogens with one attached hydrogen (secondary N) is 2. The smallest absolute Gasteiger partial charge is 0.258 e. The first kappa shape index (κ1) is 20.7. The van der Waals surface area contributed by atoms with E-state index in [0.29, 0.717) is 17.2 Å². The summed E-state index contributed by atoms with van der Waals surface area (Å²) >= 11 is 3.44. The SMILES string of the molecule is COc1ccc(C)cc1NC(=O)CNC(=O)COc1ccc2cc(Br)ccc2c1. The molecule has 0 aliphatic carbocycles. The second kappa shape index (κ2) is 9.43. The van der Waals surface area contributed by atoms with Crippen molar-refractivity contribution in [3.63, 3.8) is 0 Å². The number of carbonyl (C=O) groups is 2. The van der Waals surface area contributed by atoms with Crippen LogP contribution in [-0.2, 0) is 9.59 Å². The summed E-state index contributed by atoms with van der Waals surface area (Å²) in [6.45, 7) is 1.58. The summed E-state index contributed by atoms with van der Waals surface area (Å²) in [6, 6.07) is 17.0. The number of hydrogen-bond donors (Lipinski definition) is 2. The van der Waals surface area contributed by atoms with Crippen molar-refractivity contribution in [2.75, 3.05) is 25.6 Å². The van der Waals surface area contributed by atoms with Crippen molar-refractivity contribution >= 4 is 44.2 Å². The summed E-state index contributed by atoms with van der Waals surface area (Å²) in [4.78, 5) is 24.1. The number of hydrogen-bond acceptors (Lipinski definition) is 4. The van der Waals surface area contributed by atoms with E-state index in [1.54, 1.807) is 18.2 Å². The summed E-state index contributed by atoms with van der Waals surface area (Å²) in [7, 11) is 1.53. The molecule has 0 saturated carbocycles. The number of rotatable bonds is 7. The van der Waals surface area contributed by atoms with Crippen LogP contribution in [0.3, 0.4) is 0 Å². The summed E-state index contributed by atoms with van der Waals surface area (Å²) in [5.74, 6) is 0.414. The largest absolute Gasteiger partial charge is 0.495 e. The van der Waals surface area contributed by atoms with Crippen LogP contribution in [0.15, 0.2) is 59.1 Å². The van der Waals surface area contributed by atoms with E-state index in [0.717, 1.165) is 20.8 Å². The van der Waals surface area contributed by atoms with E-state index < -0.39 is 0 Å². The molecule has 0 saturated heterocycles. The number of carbonyl (C=O) groups excluding carboxylic acids is 2. The fourth-order valence-corrected chi connectivity index (χ4v) is 3.16. The third kappa shape index (κ3) is 5.71. The lowest BCUT2D eigenvalue weighted by molar-refractivity contribution is -0.125.